The molecule has 0 radical (unpaired) electrons. The number of imide groups is 1. The van der Waals surface area contributed by atoms with Crippen LogP contribution in [0.4, 0.5) is 0 Å². The minimum atomic E-state index is -0.354. The first-order valence-electron chi connectivity index (χ1n) is 4.78. The van der Waals surface area contributed by atoms with Crippen LogP contribution in [0.25, 0.3) is 0 Å². The van der Waals surface area contributed by atoms with Crippen molar-refractivity contribution < 1.29 is 14.3 Å². The predicted octanol–water partition coefficient (Wildman–Crippen LogP) is -0.630. The van der Waals surface area contributed by atoms with Crippen LogP contribution in [-0.2, 0) is 14.3 Å². The molecule has 0 aliphatic carbocycles. The van der Waals surface area contributed by atoms with Gasteiger partial charge in [-0.3, -0.25) is 14.5 Å². The number of amides is 2. The van der Waals surface area contributed by atoms with Gasteiger partial charge < -0.3 is 10.1 Å². The van der Waals surface area contributed by atoms with Crippen LogP contribution in [0, 0.1) is 0 Å². The summed E-state index contributed by atoms with van der Waals surface area (Å²) in [6.07, 6.45) is 0.265. The zero-order valence-electron chi connectivity index (χ0n) is 8.58. The zero-order chi connectivity index (χ0) is 10.6. The molecule has 0 aromatic heterocycles. The van der Waals surface area contributed by atoms with E-state index in [0.717, 1.165) is 0 Å². The first-order chi connectivity index (χ1) is 6.66. The number of carbonyl (C=O) groups excluding carboxylic acids is 2. The van der Waals surface area contributed by atoms with Gasteiger partial charge in [0.15, 0.2) is 0 Å². The van der Waals surface area contributed by atoms with Gasteiger partial charge in [0.05, 0.1) is 19.1 Å². The summed E-state index contributed by atoms with van der Waals surface area (Å²) in [7, 11) is 1.51. The number of likely N-dealkylation sites (N-methyl/N-ethyl adjacent to an activating group) is 1. The molecular formula is C9H16N2O3. The van der Waals surface area contributed by atoms with Gasteiger partial charge in [0.25, 0.3) is 0 Å². The highest BCUT2D eigenvalue weighted by Crippen LogP contribution is 2.09. The van der Waals surface area contributed by atoms with Crippen molar-refractivity contribution >= 4 is 11.8 Å². The number of likely N-dealkylation sites (tertiary alicyclic amines) is 1. The Morgan fingerprint density at radius 3 is 2.79 bits per heavy atom. The number of rotatable bonds is 5. The van der Waals surface area contributed by atoms with Gasteiger partial charge in [-0.1, -0.05) is 0 Å². The quantitative estimate of drug-likeness (QED) is 0.474. The highest BCUT2D eigenvalue weighted by molar-refractivity contribution is 6.05. The lowest BCUT2D eigenvalue weighted by Crippen LogP contribution is -2.38. The van der Waals surface area contributed by atoms with Gasteiger partial charge in [0.1, 0.15) is 0 Å². The Morgan fingerprint density at radius 1 is 1.57 bits per heavy atom. The minimum absolute atomic E-state index is 0.121. The van der Waals surface area contributed by atoms with Crippen molar-refractivity contribution in [1.29, 1.82) is 0 Å². The third-order valence-corrected chi connectivity index (χ3v) is 2.22. The molecule has 1 unspecified atom stereocenters. The van der Waals surface area contributed by atoms with Crippen LogP contribution >= 0.6 is 0 Å². The van der Waals surface area contributed by atoms with E-state index in [1.54, 1.807) is 0 Å². The summed E-state index contributed by atoms with van der Waals surface area (Å²) in [6.45, 7) is 3.75. The van der Waals surface area contributed by atoms with Crippen molar-refractivity contribution in [3.63, 3.8) is 0 Å². The fourth-order valence-corrected chi connectivity index (χ4v) is 1.36. The number of nitrogens with one attached hydrogen (secondary N) is 1. The van der Waals surface area contributed by atoms with Crippen molar-refractivity contribution in [2.45, 2.75) is 19.4 Å². The molecule has 0 aromatic rings. The Labute approximate surface area is 83.4 Å². The lowest BCUT2D eigenvalue weighted by Gasteiger charge is -2.10. The van der Waals surface area contributed by atoms with Crippen LogP contribution in [0.1, 0.15) is 13.3 Å². The minimum Gasteiger partial charge on any atom is -0.380 e. The van der Waals surface area contributed by atoms with Gasteiger partial charge in [0.2, 0.25) is 11.8 Å². The van der Waals surface area contributed by atoms with Crippen molar-refractivity contribution in [2.75, 3.05) is 26.8 Å². The Balaban J connectivity index is 2.26. The highest BCUT2D eigenvalue weighted by atomic mass is 16.5. The third kappa shape index (κ3) is 2.52. The molecule has 80 valence electrons. The molecule has 0 saturated carbocycles. The smallest absolute Gasteiger partial charge is 0.246 e. The van der Waals surface area contributed by atoms with E-state index in [0.29, 0.717) is 19.8 Å². The Hall–Kier alpha value is -0.940. The fraction of sp³-hybridized carbons (Fsp3) is 0.778. The fourth-order valence-electron chi connectivity index (χ4n) is 1.36. The van der Waals surface area contributed by atoms with Gasteiger partial charge in [0, 0.05) is 20.2 Å². The van der Waals surface area contributed by atoms with Crippen LogP contribution in [0.15, 0.2) is 0 Å². The highest BCUT2D eigenvalue weighted by Gasteiger charge is 2.35. The molecule has 1 fully saturated rings. The maximum absolute atomic E-state index is 11.4. The lowest BCUT2D eigenvalue weighted by atomic mass is 10.2. The Morgan fingerprint density at radius 2 is 2.29 bits per heavy atom. The summed E-state index contributed by atoms with van der Waals surface area (Å²) in [6, 6.07) is -0.354. The van der Waals surface area contributed by atoms with Crippen LogP contribution in [0.2, 0.25) is 0 Å². The monoisotopic (exact) mass is 200 g/mol. The molecule has 0 spiro atoms. The molecule has 2 amide bonds. The molecule has 14 heavy (non-hydrogen) atoms. The topological polar surface area (TPSA) is 58.6 Å². The van der Waals surface area contributed by atoms with E-state index in [1.165, 1.54) is 11.9 Å². The second-order valence-electron chi connectivity index (χ2n) is 3.20. The molecule has 5 heteroatoms. The maximum Gasteiger partial charge on any atom is 0.246 e. The molecular weight excluding hydrogens is 184 g/mol. The average Bonchev–Trinajstić information content (AvgIpc) is 2.41. The molecule has 1 aliphatic heterocycles. The van der Waals surface area contributed by atoms with E-state index in [-0.39, 0.29) is 24.3 Å². The van der Waals surface area contributed by atoms with Gasteiger partial charge in [-0.05, 0) is 6.92 Å². The van der Waals surface area contributed by atoms with Crippen LogP contribution in [0.5, 0.6) is 0 Å². The molecule has 1 N–H and O–H groups in total. The van der Waals surface area contributed by atoms with Crippen LogP contribution < -0.4 is 5.32 Å². The van der Waals surface area contributed by atoms with E-state index >= 15 is 0 Å². The summed E-state index contributed by atoms with van der Waals surface area (Å²) in [5, 5.41) is 2.99. The van der Waals surface area contributed by atoms with Gasteiger partial charge in [-0.2, -0.15) is 0 Å². The van der Waals surface area contributed by atoms with E-state index in [4.69, 9.17) is 4.74 Å². The van der Waals surface area contributed by atoms with Crippen molar-refractivity contribution in [3.8, 4) is 0 Å². The number of nitrogens with zero attached hydrogens (tertiary/aromatic N) is 1. The molecule has 0 bridgehead atoms. The van der Waals surface area contributed by atoms with Crippen LogP contribution in [-0.4, -0.2) is 49.6 Å². The summed E-state index contributed by atoms with van der Waals surface area (Å²) < 4.78 is 5.11. The predicted molar refractivity (Wildman–Crippen MR) is 50.7 cm³/mol. The average molecular weight is 200 g/mol. The Bertz CT molecular complexity index is 230. The third-order valence-electron chi connectivity index (χ3n) is 2.22. The summed E-state index contributed by atoms with van der Waals surface area (Å²) >= 11 is 0. The van der Waals surface area contributed by atoms with Crippen molar-refractivity contribution in [1.82, 2.24) is 10.2 Å². The van der Waals surface area contributed by atoms with Crippen molar-refractivity contribution in [2.24, 2.45) is 0 Å². The first-order valence-corrected chi connectivity index (χ1v) is 4.78. The second kappa shape index (κ2) is 5.07. The van der Waals surface area contributed by atoms with Gasteiger partial charge in [-0.15, -0.1) is 0 Å². The lowest BCUT2D eigenvalue weighted by molar-refractivity contribution is -0.137. The summed E-state index contributed by atoms with van der Waals surface area (Å²) in [5.74, 6) is -0.268. The number of ether oxygens (including phenoxy) is 1. The van der Waals surface area contributed by atoms with E-state index in [1.807, 2.05) is 6.92 Å². The standard InChI is InChI=1S/C9H16N2O3/c1-3-14-5-4-10-7-6-8(12)11(2)9(7)13/h7,10H,3-6H2,1-2H3. The molecule has 1 heterocycles. The normalized spacial score (nSPS) is 22.1. The first kappa shape index (κ1) is 11.1. The van der Waals surface area contributed by atoms with Gasteiger partial charge in [-0.25, -0.2) is 0 Å². The molecule has 1 aliphatic rings. The molecule has 1 atom stereocenters. The molecule has 5 nitrogen and oxygen atoms in total. The molecule has 0 aromatic carbocycles. The van der Waals surface area contributed by atoms with Crippen molar-refractivity contribution in [3.05, 3.63) is 0 Å². The van der Waals surface area contributed by atoms with E-state index < -0.39 is 0 Å². The zero-order valence-corrected chi connectivity index (χ0v) is 8.58. The maximum atomic E-state index is 11.4. The number of hydrogen-bond donors (Lipinski definition) is 1. The number of hydrogen-bond acceptors (Lipinski definition) is 4. The van der Waals surface area contributed by atoms with Crippen LogP contribution in [0.3, 0.4) is 0 Å². The molecule has 1 saturated heterocycles. The second-order valence-corrected chi connectivity index (χ2v) is 3.20. The summed E-state index contributed by atoms with van der Waals surface area (Å²) in [4.78, 5) is 23.7. The van der Waals surface area contributed by atoms with Gasteiger partial charge >= 0.3 is 0 Å². The largest absolute Gasteiger partial charge is 0.380 e. The molecule has 1 rings (SSSR count). The number of carbonyl (C=O) groups is 2. The Kier molecular flexibility index (Phi) is 4.03. The van der Waals surface area contributed by atoms with E-state index in [2.05, 4.69) is 5.32 Å². The van der Waals surface area contributed by atoms with E-state index in [9.17, 15) is 9.59 Å². The summed E-state index contributed by atoms with van der Waals surface area (Å²) in [5.41, 5.74) is 0. The SMILES string of the molecule is CCOCCNC1CC(=O)N(C)C1=O.